The van der Waals surface area contributed by atoms with Gasteiger partial charge >= 0.3 is 0 Å². The average molecular weight is 306 g/mol. The quantitative estimate of drug-likeness (QED) is 0.777. The molecule has 0 aliphatic rings. The van der Waals surface area contributed by atoms with E-state index in [-0.39, 0.29) is 0 Å². The number of rotatable bonds is 4. The number of nitrogens with zero attached hydrogens (tertiary/aromatic N) is 2. The van der Waals surface area contributed by atoms with Crippen molar-refractivity contribution < 1.29 is 4.52 Å². The van der Waals surface area contributed by atoms with Gasteiger partial charge < -0.3 is 9.84 Å². The first-order valence-electron chi connectivity index (χ1n) is 6.08. The number of benzene rings is 1. The van der Waals surface area contributed by atoms with E-state index in [1.165, 1.54) is 0 Å². The van der Waals surface area contributed by atoms with Gasteiger partial charge in [0.15, 0.2) is 0 Å². The molecule has 3 aromatic rings. The zero-order valence-corrected chi connectivity index (χ0v) is 12.3. The molecular formula is C14H12ClN3OS. The Morgan fingerprint density at radius 1 is 1.35 bits per heavy atom. The molecule has 102 valence electrons. The van der Waals surface area contributed by atoms with Crippen molar-refractivity contribution in [1.29, 1.82) is 0 Å². The number of halogens is 1. The van der Waals surface area contributed by atoms with Crippen molar-refractivity contribution in [2.24, 2.45) is 0 Å². The Labute approximate surface area is 125 Å². The lowest BCUT2D eigenvalue weighted by Gasteiger charge is -2.08. The van der Waals surface area contributed by atoms with Crippen LogP contribution < -0.4 is 5.32 Å². The zero-order valence-electron chi connectivity index (χ0n) is 10.8. The molecule has 0 spiro atoms. The molecular weight excluding hydrogens is 294 g/mol. The first-order valence-corrected chi connectivity index (χ1v) is 7.40. The largest absolute Gasteiger partial charge is 0.376 e. The molecule has 20 heavy (non-hydrogen) atoms. The maximum absolute atomic E-state index is 6.08. The summed E-state index contributed by atoms with van der Waals surface area (Å²) < 4.78 is 5.23. The number of hydrogen-bond donors (Lipinski definition) is 1. The third-order valence-corrected chi connectivity index (χ3v) is 4.04. The summed E-state index contributed by atoms with van der Waals surface area (Å²) in [6.45, 7) is 2.44. The minimum Gasteiger partial charge on any atom is -0.376 e. The summed E-state index contributed by atoms with van der Waals surface area (Å²) in [5.74, 6) is 1.16. The van der Waals surface area contributed by atoms with Crippen LogP contribution in [0.5, 0.6) is 0 Å². The van der Waals surface area contributed by atoms with Crippen LogP contribution in [-0.2, 0) is 6.54 Å². The second kappa shape index (κ2) is 5.64. The summed E-state index contributed by atoms with van der Waals surface area (Å²) >= 11 is 7.68. The van der Waals surface area contributed by atoms with Crippen LogP contribution in [0.25, 0.3) is 11.4 Å². The highest BCUT2D eigenvalue weighted by Gasteiger charge is 2.09. The van der Waals surface area contributed by atoms with Gasteiger partial charge in [-0.15, -0.1) is 0 Å². The molecule has 2 heterocycles. The molecule has 4 nitrogen and oxygen atoms in total. The van der Waals surface area contributed by atoms with Gasteiger partial charge in [0.25, 0.3) is 0 Å². The van der Waals surface area contributed by atoms with Gasteiger partial charge in [0.05, 0.1) is 6.54 Å². The molecule has 1 N–H and O–H groups in total. The van der Waals surface area contributed by atoms with Gasteiger partial charge in [0.1, 0.15) is 0 Å². The average Bonchev–Trinajstić information content (AvgIpc) is 3.10. The monoisotopic (exact) mass is 305 g/mol. The first-order chi connectivity index (χ1) is 9.74. The van der Waals surface area contributed by atoms with Crippen LogP contribution >= 0.6 is 22.9 Å². The molecule has 2 aromatic heterocycles. The second-order valence-electron chi connectivity index (χ2n) is 4.29. The van der Waals surface area contributed by atoms with Gasteiger partial charge in [-0.1, -0.05) is 22.8 Å². The lowest BCUT2D eigenvalue weighted by molar-refractivity contribution is 0.384. The maximum Gasteiger partial charge on any atom is 0.246 e. The molecule has 0 saturated heterocycles. The number of thiophene rings is 1. The summed E-state index contributed by atoms with van der Waals surface area (Å²) in [5, 5.41) is 11.9. The molecule has 0 fully saturated rings. The Hall–Kier alpha value is -1.85. The Bertz CT molecular complexity index is 709. The SMILES string of the molecule is Cc1c(Cl)cccc1NCc1nc(-c2ccsc2)no1. The van der Waals surface area contributed by atoms with Crippen molar-refractivity contribution in [2.75, 3.05) is 5.32 Å². The summed E-state index contributed by atoms with van der Waals surface area (Å²) in [6, 6.07) is 7.71. The molecule has 0 atom stereocenters. The molecule has 1 aromatic carbocycles. The lowest BCUT2D eigenvalue weighted by Crippen LogP contribution is -2.01. The Morgan fingerprint density at radius 3 is 3.05 bits per heavy atom. The number of aromatic nitrogens is 2. The standard InChI is InChI=1S/C14H12ClN3OS/c1-9-11(15)3-2-4-12(9)16-7-13-17-14(18-19-13)10-5-6-20-8-10/h2-6,8,16H,7H2,1H3. The van der Waals surface area contributed by atoms with Crippen molar-refractivity contribution in [3.05, 3.63) is 51.5 Å². The van der Waals surface area contributed by atoms with E-state index in [1.807, 2.05) is 41.9 Å². The van der Waals surface area contributed by atoms with Gasteiger partial charge in [-0.05, 0) is 36.1 Å². The summed E-state index contributed by atoms with van der Waals surface area (Å²) in [6.07, 6.45) is 0. The lowest BCUT2D eigenvalue weighted by atomic mass is 10.2. The van der Waals surface area contributed by atoms with E-state index in [4.69, 9.17) is 16.1 Å². The highest BCUT2D eigenvalue weighted by molar-refractivity contribution is 7.08. The van der Waals surface area contributed by atoms with Gasteiger partial charge in [-0.25, -0.2) is 0 Å². The predicted octanol–water partition coefficient (Wildman–Crippen LogP) is 4.37. The highest BCUT2D eigenvalue weighted by atomic mass is 35.5. The first kappa shape index (κ1) is 13.1. The highest BCUT2D eigenvalue weighted by Crippen LogP contribution is 2.24. The Balaban J connectivity index is 1.71. The normalized spacial score (nSPS) is 10.7. The van der Waals surface area contributed by atoms with Crippen LogP contribution in [0.1, 0.15) is 11.5 Å². The van der Waals surface area contributed by atoms with Crippen LogP contribution in [0, 0.1) is 6.92 Å². The molecule has 0 amide bonds. The van der Waals surface area contributed by atoms with Crippen molar-refractivity contribution in [3.8, 4) is 11.4 Å². The van der Waals surface area contributed by atoms with Crippen molar-refractivity contribution in [3.63, 3.8) is 0 Å². The van der Waals surface area contributed by atoms with Gasteiger partial charge in [0.2, 0.25) is 11.7 Å². The summed E-state index contributed by atoms with van der Waals surface area (Å²) in [4.78, 5) is 4.35. The van der Waals surface area contributed by atoms with Crippen LogP contribution in [0.4, 0.5) is 5.69 Å². The van der Waals surface area contributed by atoms with E-state index in [1.54, 1.807) is 11.3 Å². The van der Waals surface area contributed by atoms with E-state index in [0.29, 0.717) is 18.3 Å². The summed E-state index contributed by atoms with van der Waals surface area (Å²) in [5.41, 5.74) is 2.95. The number of nitrogens with one attached hydrogen (secondary N) is 1. The van der Waals surface area contributed by atoms with E-state index < -0.39 is 0 Å². The van der Waals surface area contributed by atoms with E-state index >= 15 is 0 Å². The molecule has 3 rings (SSSR count). The van der Waals surface area contributed by atoms with Gasteiger partial charge in [-0.3, -0.25) is 0 Å². The topological polar surface area (TPSA) is 51.0 Å². The maximum atomic E-state index is 6.08. The third-order valence-electron chi connectivity index (χ3n) is 2.95. The molecule has 0 aliphatic heterocycles. The van der Waals surface area contributed by atoms with E-state index in [9.17, 15) is 0 Å². The molecule has 0 bridgehead atoms. The molecule has 6 heteroatoms. The number of hydrogen-bond acceptors (Lipinski definition) is 5. The van der Waals surface area contributed by atoms with Crippen molar-refractivity contribution >= 4 is 28.6 Å². The van der Waals surface area contributed by atoms with Crippen LogP contribution in [0.3, 0.4) is 0 Å². The van der Waals surface area contributed by atoms with Gasteiger partial charge in [0, 0.05) is 21.7 Å². The molecule has 0 saturated carbocycles. The predicted molar refractivity (Wildman–Crippen MR) is 81.1 cm³/mol. The number of anilines is 1. The molecule has 0 aliphatic carbocycles. The fourth-order valence-electron chi connectivity index (χ4n) is 1.81. The van der Waals surface area contributed by atoms with E-state index in [0.717, 1.165) is 21.8 Å². The van der Waals surface area contributed by atoms with Crippen molar-refractivity contribution in [2.45, 2.75) is 13.5 Å². The van der Waals surface area contributed by atoms with Crippen LogP contribution in [0.2, 0.25) is 5.02 Å². The van der Waals surface area contributed by atoms with Gasteiger partial charge in [-0.2, -0.15) is 16.3 Å². The Morgan fingerprint density at radius 2 is 2.25 bits per heavy atom. The fourth-order valence-corrected chi connectivity index (χ4v) is 2.61. The fraction of sp³-hybridized carbons (Fsp3) is 0.143. The molecule has 0 unspecified atom stereocenters. The zero-order chi connectivity index (χ0) is 13.9. The Kier molecular flexibility index (Phi) is 3.71. The van der Waals surface area contributed by atoms with E-state index in [2.05, 4.69) is 15.5 Å². The van der Waals surface area contributed by atoms with Crippen LogP contribution in [0.15, 0.2) is 39.5 Å². The smallest absolute Gasteiger partial charge is 0.246 e. The minimum atomic E-state index is 0.471. The van der Waals surface area contributed by atoms with Crippen LogP contribution in [-0.4, -0.2) is 10.1 Å². The summed E-state index contributed by atoms with van der Waals surface area (Å²) in [7, 11) is 0. The minimum absolute atomic E-state index is 0.471. The molecule has 0 radical (unpaired) electrons. The van der Waals surface area contributed by atoms with Crippen molar-refractivity contribution in [1.82, 2.24) is 10.1 Å². The third kappa shape index (κ3) is 2.69. The second-order valence-corrected chi connectivity index (χ2v) is 5.48.